The summed E-state index contributed by atoms with van der Waals surface area (Å²) in [7, 11) is 0. The van der Waals surface area contributed by atoms with Crippen LogP contribution >= 0.6 is 15.9 Å². The van der Waals surface area contributed by atoms with Gasteiger partial charge in [-0.25, -0.2) is 0 Å². The minimum Gasteiger partial charge on any atom is -0.303 e. The van der Waals surface area contributed by atoms with Crippen LogP contribution in [0.25, 0.3) is 0 Å². The summed E-state index contributed by atoms with van der Waals surface area (Å²) in [6.45, 7) is 1.93. The van der Waals surface area contributed by atoms with Crippen molar-refractivity contribution in [3.63, 3.8) is 0 Å². The SMILES string of the molecule is CC(C=O)CCc1cncc(Br)c1. The van der Waals surface area contributed by atoms with Gasteiger partial charge in [-0.05, 0) is 40.4 Å². The number of hydrogen-bond acceptors (Lipinski definition) is 2. The number of hydrogen-bond donors (Lipinski definition) is 0. The first-order valence-corrected chi connectivity index (χ1v) is 5.06. The molecule has 2 nitrogen and oxygen atoms in total. The van der Waals surface area contributed by atoms with E-state index in [1.54, 1.807) is 6.20 Å². The first-order valence-electron chi connectivity index (χ1n) is 4.27. The lowest BCUT2D eigenvalue weighted by atomic mass is 10.0. The molecule has 0 aromatic carbocycles. The first kappa shape index (κ1) is 10.4. The molecule has 0 bridgehead atoms. The molecule has 0 amide bonds. The molecule has 0 aliphatic carbocycles. The minimum absolute atomic E-state index is 0.138. The minimum atomic E-state index is 0.138. The van der Waals surface area contributed by atoms with Crippen LogP contribution in [0.2, 0.25) is 0 Å². The quantitative estimate of drug-likeness (QED) is 0.759. The Morgan fingerprint density at radius 3 is 3.00 bits per heavy atom. The summed E-state index contributed by atoms with van der Waals surface area (Å²) in [5.74, 6) is 0.138. The molecule has 0 spiro atoms. The van der Waals surface area contributed by atoms with Gasteiger partial charge in [0.1, 0.15) is 6.29 Å². The second-order valence-corrected chi connectivity index (χ2v) is 4.08. The van der Waals surface area contributed by atoms with Crippen LogP contribution in [0, 0.1) is 5.92 Å². The van der Waals surface area contributed by atoms with Crippen LogP contribution < -0.4 is 0 Å². The van der Waals surface area contributed by atoms with Gasteiger partial charge in [0.15, 0.2) is 0 Å². The van der Waals surface area contributed by atoms with Crippen molar-refractivity contribution in [2.75, 3.05) is 0 Å². The third kappa shape index (κ3) is 3.68. The third-order valence-corrected chi connectivity index (χ3v) is 2.32. The van der Waals surface area contributed by atoms with Gasteiger partial charge < -0.3 is 4.79 Å². The summed E-state index contributed by atoms with van der Waals surface area (Å²) >= 11 is 3.35. The molecule has 1 rings (SSSR count). The van der Waals surface area contributed by atoms with E-state index in [9.17, 15) is 4.79 Å². The van der Waals surface area contributed by atoms with Crippen molar-refractivity contribution < 1.29 is 4.79 Å². The van der Waals surface area contributed by atoms with Gasteiger partial charge in [0.25, 0.3) is 0 Å². The average Bonchev–Trinajstić information content (AvgIpc) is 2.14. The normalized spacial score (nSPS) is 12.5. The van der Waals surface area contributed by atoms with Gasteiger partial charge in [-0.2, -0.15) is 0 Å². The van der Waals surface area contributed by atoms with Crippen LogP contribution in [0.4, 0.5) is 0 Å². The smallest absolute Gasteiger partial charge is 0.122 e. The molecule has 70 valence electrons. The van der Waals surface area contributed by atoms with Gasteiger partial charge in [0.2, 0.25) is 0 Å². The molecular weight excluding hydrogens is 230 g/mol. The highest BCUT2D eigenvalue weighted by atomic mass is 79.9. The molecule has 0 aliphatic rings. The van der Waals surface area contributed by atoms with Crippen molar-refractivity contribution in [2.45, 2.75) is 19.8 Å². The van der Waals surface area contributed by atoms with Crippen molar-refractivity contribution in [1.82, 2.24) is 4.98 Å². The van der Waals surface area contributed by atoms with Gasteiger partial charge in [-0.3, -0.25) is 4.98 Å². The summed E-state index contributed by atoms with van der Waals surface area (Å²) < 4.78 is 0.990. The summed E-state index contributed by atoms with van der Waals surface area (Å²) in [6.07, 6.45) is 6.38. The molecule has 1 heterocycles. The Morgan fingerprint density at radius 2 is 2.38 bits per heavy atom. The Kier molecular flexibility index (Phi) is 4.09. The van der Waals surface area contributed by atoms with Gasteiger partial charge in [-0.1, -0.05) is 6.92 Å². The van der Waals surface area contributed by atoms with E-state index < -0.39 is 0 Å². The summed E-state index contributed by atoms with van der Waals surface area (Å²) in [5.41, 5.74) is 1.17. The lowest BCUT2D eigenvalue weighted by molar-refractivity contribution is -0.110. The monoisotopic (exact) mass is 241 g/mol. The van der Waals surface area contributed by atoms with Crippen molar-refractivity contribution in [2.24, 2.45) is 5.92 Å². The van der Waals surface area contributed by atoms with Crippen molar-refractivity contribution in [1.29, 1.82) is 0 Å². The number of pyridine rings is 1. The van der Waals surface area contributed by atoms with Gasteiger partial charge in [0, 0.05) is 22.8 Å². The highest BCUT2D eigenvalue weighted by Gasteiger charge is 2.00. The lowest BCUT2D eigenvalue weighted by Crippen LogP contribution is -1.98. The second-order valence-electron chi connectivity index (χ2n) is 3.16. The number of aryl methyl sites for hydroxylation is 1. The third-order valence-electron chi connectivity index (χ3n) is 1.88. The maximum atomic E-state index is 10.4. The number of carbonyl (C=O) groups excluding carboxylic acids is 1. The molecule has 1 unspecified atom stereocenters. The van der Waals surface area contributed by atoms with E-state index in [-0.39, 0.29) is 5.92 Å². The molecule has 0 N–H and O–H groups in total. The van der Waals surface area contributed by atoms with E-state index in [2.05, 4.69) is 20.9 Å². The van der Waals surface area contributed by atoms with E-state index in [0.717, 1.165) is 23.6 Å². The number of rotatable bonds is 4. The number of nitrogens with zero attached hydrogens (tertiary/aromatic N) is 1. The zero-order chi connectivity index (χ0) is 9.68. The second kappa shape index (κ2) is 5.12. The Hall–Kier alpha value is -0.700. The molecule has 1 atom stereocenters. The van der Waals surface area contributed by atoms with Crippen molar-refractivity contribution >= 4 is 22.2 Å². The number of carbonyl (C=O) groups is 1. The first-order chi connectivity index (χ1) is 6.22. The largest absolute Gasteiger partial charge is 0.303 e. The highest BCUT2D eigenvalue weighted by Crippen LogP contribution is 2.12. The average molecular weight is 242 g/mol. The number of halogens is 1. The van der Waals surface area contributed by atoms with Crippen molar-refractivity contribution in [3.8, 4) is 0 Å². The van der Waals surface area contributed by atoms with Crippen LogP contribution in [0.5, 0.6) is 0 Å². The fraction of sp³-hybridized carbons (Fsp3) is 0.400. The maximum absolute atomic E-state index is 10.4. The molecule has 1 aromatic rings. The van der Waals surface area contributed by atoms with E-state index in [1.807, 2.05) is 19.2 Å². The standard InChI is InChI=1S/C10H12BrNO/c1-8(7-13)2-3-9-4-10(11)6-12-5-9/h4-8H,2-3H2,1H3. The topological polar surface area (TPSA) is 30.0 Å². The molecule has 1 aromatic heterocycles. The Bertz CT molecular complexity index is 288. The summed E-state index contributed by atoms with van der Waals surface area (Å²) in [6, 6.07) is 2.03. The predicted octanol–water partition coefficient (Wildman–Crippen LogP) is 2.61. The maximum Gasteiger partial charge on any atom is 0.122 e. The number of aldehydes is 1. The lowest BCUT2D eigenvalue weighted by Gasteiger charge is -2.03. The molecule has 0 saturated heterocycles. The van der Waals surface area contributed by atoms with E-state index in [1.165, 1.54) is 5.56 Å². The molecule has 0 radical (unpaired) electrons. The predicted molar refractivity (Wildman–Crippen MR) is 55.5 cm³/mol. The van der Waals surface area contributed by atoms with E-state index in [0.29, 0.717) is 0 Å². The van der Waals surface area contributed by atoms with E-state index >= 15 is 0 Å². The van der Waals surface area contributed by atoms with E-state index in [4.69, 9.17) is 0 Å². The van der Waals surface area contributed by atoms with Gasteiger partial charge in [-0.15, -0.1) is 0 Å². The van der Waals surface area contributed by atoms with Gasteiger partial charge >= 0.3 is 0 Å². The molecule has 3 heteroatoms. The molecular formula is C10H12BrNO. The van der Waals surface area contributed by atoms with Crippen molar-refractivity contribution in [3.05, 3.63) is 28.5 Å². The van der Waals surface area contributed by atoms with Crippen LogP contribution in [-0.4, -0.2) is 11.3 Å². The number of aromatic nitrogens is 1. The summed E-state index contributed by atoms with van der Waals surface area (Å²) in [5, 5.41) is 0. The van der Waals surface area contributed by atoms with Crippen LogP contribution in [0.15, 0.2) is 22.9 Å². The Morgan fingerprint density at radius 1 is 1.62 bits per heavy atom. The molecule has 0 fully saturated rings. The van der Waals surface area contributed by atoms with Gasteiger partial charge in [0.05, 0.1) is 0 Å². The highest BCUT2D eigenvalue weighted by molar-refractivity contribution is 9.10. The molecule has 0 aliphatic heterocycles. The molecule has 13 heavy (non-hydrogen) atoms. The fourth-order valence-electron chi connectivity index (χ4n) is 1.05. The van der Waals surface area contributed by atoms with Crippen LogP contribution in [0.3, 0.4) is 0 Å². The van der Waals surface area contributed by atoms with Crippen LogP contribution in [0.1, 0.15) is 18.9 Å². The molecule has 0 saturated carbocycles. The van der Waals surface area contributed by atoms with Crippen LogP contribution in [-0.2, 0) is 11.2 Å². The fourth-order valence-corrected chi connectivity index (χ4v) is 1.47. The Labute approximate surface area is 86.5 Å². The summed E-state index contributed by atoms with van der Waals surface area (Å²) in [4.78, 5) is 14.4. The zero-order valence-corrected chi connectivity index (χ0v) is 9.12. The zero-order valence-electron chi connectivity index (χ0n) is 7.53. The Balaban J connectivity index is 2.49.